The van der Waals surface area contributed by atoms with E-state index in [1.165, 1.54) is 6.42 Å². The molecule has 0 radical (unpaired) electrons. The van der Waals surface area contributed by atoms with Crippen LogP contribution in [0.3, 0.4) is 0 Å². The first-order valence-corrected chi connectivity index (χ1v) is 13.1. The molecule has 4 nitrogen and oxygen atoms in total. The zero-order chi connectivity index (χ0) is 20.2. The van der Waals surface area contributed by atoms with Crippen LogP contribution in [0.5, 0.6) is 0 Å². The van der Waals surface area contributed by atoms with Gasteiger partial charge >= 0.3 is 8.80 Å². The van der Waals surface area contributed by atoms with Gasteiger partial charge in [-0.1, -0.05) is 60.8 Å². The van der Waals surface area contributed by atoms with Crippen LogP contribution in [0, 0.1) is 16.7 Å². The largest absolute Gasteiger partial charge is 0.535 e. The number of fused-ring (bicyclic) bond motifs is 2. The SMILES string of the molecule is CCCCO[Si](OCCCC)(OCCCC)C1(O)CC2CCC1(C)C2(C)C. The van der Waals surface area contributed by atoms with Gasteiger partial charge in [0, 0.05) is 25.2 Å². The first-order valence-electron chi connectivity index (χ1n) is 11.4. The minimum atomic E-state index is -3.26. The molecule has 2 rings (SSSR count). The molecule has 0 heterocycles. The third-order valence-electron chi connectivity index (χ3n) is 7.77. The number of aliphatic hydroxyl groups is 1. The number of hydrogen-bond acceptors (Lipinski definition) is 4. The summed E-state index contributed by atoms with van der Waals surface area (Å²) >= 11 is 0. The predicted octanol–water partition coefficient (Wildman–Crippen LogP) is 5.49. The summed E-state index contributed by atoms with van der Waals surface area (Å²) in [6.45, 7) is 15.3. The highest BCUT2D eigenvalue weighted by molar-refractivity contribution is 6.64. The second kappa shape index (κ2) is 9.25. The van der Waals surface area contributed by atoms with Crippen molar-refractivity contribution in [1.82, 2.24) is 0 Å². The van der Waals surface area contributed by atoms with E-state index >= 15 is 0 Å². The Morgan fingerprint density at radius 3 is 1.59 bits per heavy atom. The maximum atomic E-state index is 12.3. The van der Waals surface area contributed by atoms with E-state index in [2.05, 4.69) is 41.5 Å². The Bertz CT molecular complexity index is 443. The Labute approximate surface area is 168 Å². The smallest absolute Gasteiger partial charge is 0.385 e. The fourth-order valence-electron chi connectivity index (χ4n) is 5.27. The maximum absolute atomic E-state index is 12.3. The molecule has 0 aromatic rings. The van der Waals surface area contributed by atoms with Gasteiger partial charge in [-0.3, -0.25) is 0 Å². The number of unbranched alkanes of at least 4 members (excludes halogenated alkanes) is 3. The highest BCUT2D eigenvalue weighted by Gasteiger charge is 2.79. The van der Waals surface area contributed by atoms with E-state index < -0.39 is 14.0 Å². The first-order chi connectivity index (χ1) is 12.7. The molecule has 3 unspecified atom stereocenters. The highest BCUT2D eigenvalue weighted by Crippen LogP contribution is 2.71. The minimum Gasteiger partial charge on any atom is -0.385 e. The van der Waals surface area contributed by atoms with Crippen molar-refractivity contribution in [2.75, 3.05) is 19.8 Å². The van der Waals surface area contributed by atoms with E-state index in [0.29, 0.717) is 25.7 Å². The molecule has 0 aromatic carbocycles. The lowest BCUT2D eigenvalue weighted by atomic mass is 9.69. The normalized spacial score (nSPS) is 32.3. The standard InChI is InChI=1S/C22H44O4Si/c1-7-10-15-24-27(25-16-11-8-2,26-17-12-9-3)22(23)18-19-13-14-21(22,6)20(19,4)5/h19,23H,7-18H2,1-6H3. The third-order valence-corrected chi connectivity index (χ3v) is 11.3. The van der Waals surface area contributed by atoms with Gasteiger partial charge in [-0.2, -0.15) is 0 Å². The Balaban J connectivity index is 2.38. The van der Waals surface area contributed by atoms with Crippen molar-refractivity contribution in [2.24, 2.45) is 16.7 Å². The molecular weight excluding hydrogens is 356 g/mol. The van der Waals surface area contributed by atoms with Gasteiger partial charge in [-0.25, -0.2) is 0 Å². The monoisotopic (exact) mass is 400 g/mol. The van der Waals surface area contributed by atoms with Crippen LogP contribution < -0.4 is 0 Å². The fraction of sp³-hybridized carbons (Fsp3) is 1.00. The van der Waals surface area contributed by atoms with Gasteiger partial charge in [-0.15, -0.1) is 0 Å². The lowest BCUT2D eigenvalue weighted by Gasteiger charge is -2.51. The van der Waals surface area contributed by atoms with Gasteiger partial charge in [0.1, 0.15) is 5.22 Å². The van der Waals surface area contributed by atoms with Gasteiger partial charge in [0.2, 0.25) is 0 Å². The molecule has 0 amide bonds. The number of rotatable bonds is 13. The van der Waals surface area contributed by atoms with Crippen molar-refractivity contribution >= 4 is 8.80 Å². The van der Waals surface area contributed by atoms with Gasteiger partial charge in [-0.05, 0) is 49.9 Å². The fourth-order valence-corrected chi connectivity index (χ4v) is 9.10. The van der Waals surface area contributed by atoms with E-state index in [-0.39, 0.29) is 10.8 Å². The molecule has 1 N–H and O–H groups in total. The van der Waals surface area contributed by atoms with Crippen LogP contribution in [0.25, 0.3) is 0 Å². The molecular formula is C22H44O4Si. The van der Waals surface area contributed by atoms with Crippen molar-refractivity contribution in [3.05, 3.63) is 0 Å². The second-order valence-electron chi connectivity index (χ2n) is 9.52. The molecule has 5 heteroatoms. The average Bonchev–Trinajstić information content (AvgIpc) is 2.94. The molecule has 0 spiro atoms. The van der Waals surface area contributed by atoms with Crippen molar-refractivity contribution < 1.29 is 18.4 Å². The Morgan fingerprint density at radius 2 is 1.30 bits per heavy atom. The van der Waals surface area contributed by atoms with Crippen molar-refractivity contribution in [2.45, 2.75) is 105 Å². The van der Waals surface area contributed by atoms with Gasteiger partial charge < -0.3 is 18.4 Å². The van der Waals surface area contributed by atoms with Crippen molar-refractivity contribution in [1.29, 1.82) is 0 Å². The Hall–Kier alpha value is 0.0569. The van der Waals surface area contributed by atoms with Crippen LogP contribution in [-0.2, 0) is 13.3 Å². The van der Waals surface area contributed by atoms with Crippen molar-refractivity contribution in [3.8, 4) is 0 Å². The summed E-state index contributed by atoms with van der Waals surface area (Å²) in [4.78, 5) is 0. The quantitative estimate of drug-likeness (QED) is 0.328. The average molecular weight is 401 g/mol. The molecule has 0 aliphatic heterocycles. The van der Waals surface area contributed by atoms with E-state index in [9.17, 15) is 5.11 Å². The van der Waals surface area contributed by atoms with Crippen LogP contribution in [0.2, 0.25) is 0 Å². The summed E-state index contributed by atoms with van der Waals surface area (Å²) in [5.41, 5.74) is -0.141. The molecule has 27 heavy (non-hydrogen) atoms. The molecule has 2 aliphatic carbocycles. The molecule has 2 bridgehead atoms. The topological polar surface area (TPSA) is 47.9 Å². The first kappa shape index (κ1) is 23.3. The van der Waals surface area contributed by atoms with Crippen LogP contribution in [0.1, 0.15) is 99.3 Å². The summed E-state index contributed by atoms with van der Waals surface area (Å²) < 4.78 is 19.5. The minimum absolute atomic E-state index is 0.0797. The lowest BCUT2D eigenvalue weighted by molar-refractivity contribution is -0.105. The lowest BCUT2D eigenvalue weighted by Crippen LogP contribution is -2.71. The molecule has 0 aromatic heterocycles. The van der Waals surface area contributed by atoms with Crippen LogP contribution in [0.4, 0.5) is 0 Å². The van der Waals surface area contributed by atoms with E-state index in [1.807, 2.05) is 0 Å². The van der Waals surface area contributed by atoms with E-state index in [0.717, 1.165) is 51.4 Å². The molecule has 3 atom stereocenters. The highest BCUT2D eigenvalue weighted by atomic mass is 28.4. The summed E-state index contributed by atoms with van der Waals surface area (Å²) in [6.07, 6.45) is 9.10. The van der Waals surface area contributed by atoms with Gasteiger partial charge in [0.15, 0.2) is 0 Å². The van der Waals surface area contributed by atoms with E-state index in [1.54, 1.807) is 0 Å². The molecule has 2 saturated carbocycles. The summed E-state index contributed by atoms with van der Waals surface area (Å²) in [5.74, 6) is 0.513. The third kappa shape index (κ3) is 3.92. The molecule has 160 valence electrons. The van der Waals surface area contributed by atoms with Crippen LogP contribution >= 0.6 is 0 Å². The maximum Gasteiger partial charge on any atom is 0.535 e. The van der Waals surface area contributed by atoms with Crippen molar-refractivity contribution in [3.63, 3.8) is 0 Å². The van der Waals surface area contributed by atoms with Gasteiger partial charge in [0.25, 0.3) is 0 Å². The molecule has 0 saturated heterocycles. The summed E-state index contributed by atoms with van der Waals surface area (Å²) in [5, 5.41) is 11.3. The van der Waals surface area contributed by atoms with E-state index in [4.69, 9.17) is 13.3 Å². The van der Waals surface area contributed by atoms with Gasteiger partial charge in [0.05, 0.1) is 0 Å². The molecule has 2 aliphatic rings. The van der Waals surface area contributed by atoms with Crippen LogP contribution in [-0.4, -0.2) is 39.0 Å². The predicted molar refractivity (Wildman–Crippen MR) is 113 cm³/mol. The summed E-state index contributed by atoms with van der Waals surface area (Å²) in [7, 11) is -3.26. The summed E-state index contributed by atoms with van der Waals surface area (Å²) in [6, 6.07) is 0. The van der Waals surface area contributed by atoms with Crippen LogP contribution in [0.15, 0.2) is 0 Å². The zero-order valence-electron chi connectivity index (χ0n) is 18.7. The second-order valence-corrected chi connectivity index (χ2v) is 12.3. The Morgan fingerprint density at radius 1 is 0.852 bits per heavy atom. The zero-order valence-corrected chi connectivity index (χ0v) is 19.7. The number of hydrogen-bond donors (Lipinski definition) is 1. The molecule has 2 fully saturated rings. The Kier molecular flexibility index (Phi) is 7.99.